The number of benzene rings is 1. The fourth-order valence-corrected chi connectivity index (χ4v) is 2.65. The van der Waals surface area contributed by atoms with E-state index in [1.54, 1.807) is 0 Å². The van der Waals surface area contributed by atoms with Crippen molar-refractivity contribution in [2.75, 3.05) is 13.1 Å². The zero-order valence-corrected chi connectivity index (χ0v) is 12.0. The summed E-state index contributed by atoms with van der Waals surface area (Å²) in [4.78, 5) is 11.3. The Labute approximate surface area is 115 Å². The third-order valence-corrected chi connectivity index (χ3v) is 4.04. The summed E-state index contributed by atoms with van der Waals surface area (Å²) in [6.07, 6.45) is 5.00. The van der Waals surface area contributed by atoms with Crippen molar-refractivity contribution >= 4 is 5.91 Å². The highest BCUT2D eigenvalue weighted by atomic mass is 16.1. The van der Waals surface area contributed by atoms with Crippen molar-refractivity contribution in [2.24, 2.45) is 5.73 Å². The minimum Gasteiger partial charge on any atom is -0.354 e. The first-order valence-electron chi connectivity index (χ1n) is 7.12. The Bertz CT molecular complexity index is 466. The van der Waals surface area contributed by atoms with Crippen LogP contribution >= 0.6 is 0 Å². The highest BCUT2D eigenvalue weighted by molar-refractivity contribution is 5.77. The third-order valence-electron chi connectivity index (χ3n) is 4.04. The average Bonchev–Trinajstić information content (AvgIpc) is 2.44. The van der Waals surface area contributed by atoms with Gasteiger partial charge in [0, 0.05) is 12.0 Å². The van der Waals surface area contributed by atoms with E-state index >= 15 is 0 Å². The van der Waals surface area contributed by atoms with Crippen LogP contribution in [0.25, 0.3) is 0 Å². The van der Waals surface area contributed by atoms with E-state index in [1.807, 2.05) is 0 Å². The molecule has 0 radical (unpaired) electrons. The molecule has 0 aliphatic heterocycles. The van der Waals surface area contributed by atoms with E-state index < -0.39 is 0 Å². The second-order valence-electron chi connectivity index (χ2n) is 6.06. The van der Waals surface area contributed by atoms with Crippen LogP contribution in [0.3, 0.4) is 0 Å². The minimum atomic E-state index is -0.0916. The lowest BCUT2D eigenvalue weighted by Gasteiger charge is -2.27. The molecule has 0 bridgehead atoms. The maximum atomic E-state index is 11.3. The number of nitrogens with one attached hydrogen (secondary N) is 1. The summed E-state index contributed by atoms with van der Waals surface area (Å²) in [7, 11) is 0. The third kappa shape index (κ3) is 3.35. The van der Waals surface area contributed by atoms with Crippen molar-refractivity contribution in [2.45, 2.75) is 44.9 Å². The Morgan fingerprint density at radius 2 is 1.95 bits per heavy atom. The number of rotatable bonds is 4. The van der Waals surface area contributed by atoms with Gasteiger partial charge in [-0.25, -0.2) is 0 Å². The van der Waals surface area contributed by atoms with Gasteiger partial charge in [0.25, 0.3) is 0 Å². The number of hydrogen-bond acceptors (Lipinski definition) is 2. The lowest BCUT2D eigenvalue weighted by atomic mass is 9.80. The van der Waals surface area contributed by atoms with Crippen molar-refractivity contribution in [1.82, 2.24) is 5.32 Å². The van der Waals surface area contributed by atoms with E-state index in [1.165, 1.54) is 42.4 Å². The summed E-state index contributed by atoms with van der Waals surface area (Å²) in [6, 6.07) is 6.79. The smallest absolute Gasteiger partial charge is 0.233 e. The molecule has 1 aromatic rings. The summed E-state index contributed by atoms with van der Waals surface area (Å²) >= 11 is 0. The van der Waals surface area contributed by atoms with Gasteiger partial charge in [0.2, 0.25) is 5.91 Å². The molecule has 1 aliphatic rings. The topological polar surface area (TPSA) is 55.1 Å². The highest BCUT2D eigenvalue weighted by Gasteiger charge is 2.22. The maximum Gasteiger partial charge on any atom is 0.233 e. The first kappa shape index (κ1) is 14.1. The Morgan fingerprint density at radius 3 is 2.63 bits per heavy atom. The predicted octanol–water partition coefficient (Wildman–Crippen LogP) is 1.92. The molecule has 1 aromatic carbocycles. The molecule has 0 aromatic heterocycles. The summed E-state index contributed by atoms with van der Waals surface area (Å²) < 4.78 is 0. The standard InChI is InChI=1S/C16H24N2O/c1-16(2,11-18-15(19)10-17)14-8-7-12-5-3-4-6-13(12)9-14/h7-9H,3-6,10-11,17H2,1-2H3,(H,18,19). The van der Waals surface area contributed by atoms with Crippen molar-refractivity contribution < 1.29 is 4.79 Å². The van der Waals surface area contributed by atoms with E-state index in [4.69, 9.17) is 5.73 Å². The van der Waals surface area contributed by atoms with Crippen molar-refractivity contribution in [1.29, 1.82) is 0 Å². The Hall–Kier alpha value is -1.35. The number of carbonyl (C=O) groups is 1. The fraction of sp³-hybridized carbons (Fsp3) is 0.562. The molecule has 1 aliphatic carbocycles. The SMILES string of the molecule is CC(C)(CNC(=O)CN)c1ccc2c(c1)CCCC2. The molecular weight excluding hydrogens is 236 g/mol. The molecule has 19 heavy (non-hydrogen) atoms. The number of fused-ring (bicyclic) bond motifs is 1. The molecule has 0 heterocycles. The van der Waals surface area contributed by atoms with Gasteiger partial charge in [-0.3, -0.25) is 4.79 Å². The number of hydrogen-bond donors (Lipinski definition) is 2. The van der Waals surface area contributed by atoms with E-state index in [0.717, 1.165) is 0 Å². The number of nitrogens with two attached hydrogens (primary N) is 1. The second-order valence-corrected chi connectivity index (χ2v) is 6.06. The van der Waals surface area contributed by atoms with Crippen molar-refractivity contribution in [3.8, 4) is 0 Å². The van der Waals surface area contributed by atoms with Crippen molar-refractivity contribution in [3.63, 3.8) is 0 Å². The second kappa shape index (κ2) is 5.74. The van der Waals surface area contributed by atoms with Gasteiger partial charge in [0.05, 0.1) is 6.54 Å². The molecule has 0 spiro atoms. The zero-order chi connectivity index (χ0) is 13.9. The molecule has 0 fully saturated rings. The molecule has 0 atom stereocenters. The summed E-state index contributed by atoms with van der Waals surface area (Å²) in [5.41, 5.74) is 9.54. The molecule has 3 heteroatoms. The lowest BCUT2D eigenvalue weighted by molar-refractivity contribution is -0.119. The molecular formula is C16H24N2O. The monoisotopic (exact) mass is 260 g/mol. The van der Waals surface area contributed by atoms with Gasteiger partial charge in [0.1, 0.15) is 0 Å². The van der Waals surface area contributed by atoms with E-state index in [2.05, 4.69) is 37.4 Å². The maximum absolute atomic E-state index is 11.3. The lowest BCUT2D eigenvalue weighted by Crippen LogP contribution is -2.39. The average molecular weight is 260 g/mol. The first-order chi connectivity index (χ1) is 9.03. The summed E-state index contributed by atoms with van der Waals surface area (Å²) in [5.74, 6) is -0.0916. The van der Waals surface area contributed by atoms with Crippen LogP contribution in [-0.2, 0) is 23.1 Å². The quantitative estimate of drug-likeness (QED) is 0.869. The van der Waals surface area contributed by atoms with E-state index in [-0.39, 0.29) is 17.9 Å². The largest absolute Gasteiger partial charge is 0.354 e. The first-order valence-corrected chi connectivity index (χ1v) is 7.12. The number of aryl methyl sites for hydroxylation is 2. The summed E-state index contributed by atoms with van der Waals surface area (Å²) in [5, 5.41) is 2.89. The van der Waals surface area contributed by atoms with Gasteiger partial charge < -0.3 is 11.1 Å². The van der Waals surface area contributed by atoms with Gasteiger partial charge in [-0.05, 0) is 42.4 Å². The van der Waals surface area contributed by atoms with Crippen molar-refractivity contribution in [3.05, 3.63) is 34.9 Å². The van der Waals surface area contributed by atoms with Crippen LogP contribution in [0, 0.1) is 0 Å². The molecule has 0 saturated heterocycles. The van der Waals surface area contributed by atoms with Crippen LogP contribution in [-0.4, -0.2) is 19.0 Å². The van der Waals surface area contributed by atoms with Crippen LogP contribution in [0.15, 0.2) is 18.2 Å². The van der Waals surface area contributed by atoms with Crippen LogP contribution < -0.4 is 11.1 Å². The Kier molecular flexibility index (Phi) is 4.25. The van der Waals surface area contributed by atoms with Gasteiger partial charge in [-0.1, -0.05) is 32.0 Å². The Balaban J connectivity index is 2.13. The van der Waals surface area contributed by atoms with Gasteiger partial charge >= 0.3 is 0 Å². The highest BCUT2D eigenvalue weighted by Crippen LogP contribution is 2.28. The molecule has 0 unspecified atom stereocenters. The molecule has 2 rings (SSSR count). The fourth-order valence-electron chi connectivity index (χ4n) is 2.65. The van der Waals surface area contributed by atoms with Crippen LogP contribution in [0.1, 0.15) is 43.4 Å². The molecule has 1 amide bonds. The van der Waals surface area contributed by atoms with E-state index in [0.29, 0.717) is 6.54 Å². The molecule has 104 valence electrons. The van der Waals surface area contributed by atoms with Crippen LogP contribution in [0.5, 0.6) is 0 Å². The minimum absolute atomic E-state index is 0.0558. The van der Waals surface area contributed by atoms with E-state index in [9.17, 15) is 4.79 Å². The zero-order valence-electron chi connectivity index (χ0n) is 12.0. The van der Waals surface area contributed by atoms with Crippen LogP contribution in [0.4, 0.5) is 0 Å². The summed E-state index contributed by atoms with van der Waals surface area (Å²) in [6.45, 7) is 5.00. The van der Waals surface area contributed by atoms with Crippen LogP contribution in [0.2, 0.25) is 0 Å². The van der Waals surface area contributed by atoms with Gasteiger partial charge in [-0.2, -0.15) is 0 Å². The molecule has 3 nitrogen and oxygen atoms in total. The van der Waals surface area contributed by atoms with Gasteiger partial charge in [-0.15, -0.1) is 0 Å². The normalized spacial score (nSPS) is 14.9. The number of amides is 1. The molecule has 3 N–H and O–H groups in total. The Morgan fingerprint density at radius 1 is 1.26 bits per heavy atom. The number of carbonyl (C=O) groups excluding carboxylic acids is 1. The predicted molar refractivity (Wildman–Crippen MR) is 78.2 cm³/mol. The molecule has 0 saturated carbocycles. The van der Waals surface area contributed by atoms with Gasteiger partial charge in [0.15, 0.2) is 0 Å².